The van der Waals surface area contributed by atoms with Gasteiger partial charge in [0.2, 0.25) is 5.95 Å². The molecule has 0 spiro atoms. The summed E-state index contributed by atoms with van der Waals surface area (Å²) in [7, 11) is 0. The molecule has 0 unspecified atom stereocenters. The number of aryl methyl sites for hydroxylation is 1. The van der Waals surface area contributed by atoms with Crippen LogP contribution in [-0.2, 0) is 4.74 Å². The molecule has 2 fully saturated rings. The summed E-state index contributed by atoms with van der Waals surface area (Å²) in [5.41, 5.74) is 2.39. The van der Waals surface area contributed by atoms with Gasteiger partial charge >= 0.3 is 0 Å². The number of nitrogens with one attached hydrogen (secondary N) is 1. The number of piperazine rings is 1. The third kappa shape index (κ3) is 4.71. The first-order chi connectivity index (χ1) is 15.9. The summed E-state index contributed by atoms with van der Waals surface area (Å²) in [6.45, 7) is 6.53. The number of benzene rings is 2. The molecule has 3 aromatic rings. The molecule has 1 amide bonds. The average molecular weight is 456 g/mol. The average Bonchev–Trinajstić information content (AvgIpc) is 3.20. The van der Waals surface area contributed by atoms with E-state index in [9.17, 15) is 13.6 Å². The second-order valence-electron chi connectivity index (χ2n) is 8.37. The van der Waals surface area contributed by atoms with Crippen molar-refractivity contribution in [3.8, 4) is 5.69 Å². The molecule has 0 aliphatic carbocycles. The van der Waals surface area contributed by atoms with E-state index in [4.69, 9.17) is 4.74 Å². The monoisotopic (exact) mass is 456 g/mol. The standard InChI is InChI=1S/C23H24F2N6O2.H2/c1-15-6-16(22(32)30-4-2-29(3-5-30)21-12-33-13-21)8-19(7-15)27-23-26-14-31(28-23)20-10-17(24)9-18(25)11-20;/h6-11,14,21H,2-5,12-13H2,1H3,(H,27,28);1H. The van der Waals surface area contributed by atoms with Gasteiger partial charge in [0.25, 0.3) is 5.91 Å². The van der Waals surface area contributed by atoms with Gasteiger partial charge in [-0.3, -0.25) is 9.69 Å². The SMILES string of the molecule is Cc1cc(Nc2ncn(-c3cc(F)cc(F)c3)n2)cc(C(=O)N2CCN(C3COC3)CC2)c1.[HH]. The smallest absolute Gasteiger partial charge is 0.254 e. The van der Waals surface area contributed by atoms with Crippen molar-refractivity contribution >= 4 is 17.5 Å². The van der Waals surface area contributed by atoms with Crippen LogP contribution >= 0.6 is 0 Å². The summed E-state index contributed by atoms with van der Waals surface area (Å²) in [5.74, 6) is -1.16. The van der Waals surface area contributed by atoms with E-state index < -0.39 is 11.6 Å². The highest BCUT2D eigenvalue weighted by Crippen LogP contribution is 2.21. The van der Waals surface area contributed by atoms with Gasteiger partial charge in [0, 0.05) is 44.9 Å². The zero-order valence-corrected chi connectivity index (χ0v) is 18.2. The molecule has 2 aromatic carbocycles. The number of anilines is 2. The van der Waals surface area contributed by atoms with Crippen molar-refractivity contribution < 1.29 is 19.7 Å². The first kappa shape index (κ1) is 21.5. The lowest BCUT2D eigenvalue weighted by Gasteiger charge is -2.42. The molecular weight excluding hydrogens is 430 g/mol. The number of rotatable bonds is 5. The van der Waals surface area contributed by atoms with E-state index in [-0.39, 0.29) is 19.0 Å². The minimum atomic E-state index is -0.696. The van der Waals surface area contributed by atoms with Gasteiger partial charge in [-0.25, -0.2) is 13.5 Å². The molecule has 2 saturated heterocycles. The lowest BCUT2D eigenvalue weighted by atomic mass is 10.1. The number of aromatic nitrogens is 3. The topological polar surface area (TPSA) is 75.5 Å². The van der Waals surface area contributed by atoms with Crippen LogP contribution in [0.3, 0.4) is 0 Å². The van der Waals surface area contributed by atoms with Crippen LogP contribution in [0.2, 0.25) is 0 Å². The van der Waals surface area contributed by atoms with Crippen LogP contribution in [0, 0.1) is 18.6 Å². The molecule has 3 heterocycles. The van der Waals surface area contributed by atoms with Gasteiger partial charge in [0.15, 0.2) is 0 Å². The lowest BCUT2D eigenvalue weighted by molar-refractivity contribution is -0.0746. The number of hydrogen-bond acceptors (Lipinski definition) is 6. The first-order valence-electron chi connectivity index (χ1n) is 10.8. The Morgan fingerprint density at radius 1 is 1.06 bits per heavy atom. The fourth-order valence-corrected chi connectivity index (χ4v) is 4.13. The summed E-state index contributed by atoms with van der Waals surface area (Å²) in [6.07, 6.45) is 1.37. The molecule has 0 radical (unpaired) electrons. The number of carbonyl (C=O) groups excluding carboxylic acids is 1. The van der Waals surface area contributed by atoms with Crippen LogP contribution in [0.25, 0.3) is 5.69 Å². The highest BCUT2D eigenvalue weighted by atomic mass is 19.1. The van der Waals surface area contributed by atoms with E-state index in [0.29, 0.717) is 30.4 Å². The molecule has 33 heavy (non-hydrogen) atoms. The Morgan fingerprint density at radius 3 is 2.45 bits per heavy atom. The maximum absolute atomic E-state index is 13.5. The Morgan fingerprint density at radius 2 is 1.79 bits per heavy atom. The van der Waals surface area contributed by atoms with E-state index in [1.54, 1.807) is 6.07 Å². The zero-order chi connectivity index (χ0) is 22.9. The van der Waals surface area contributed by atoms with Gasteiger partial charge in [-0.15, -0.1) is 5.10 Å². The van der Waals surface area contributed by atoms with Crippen molar-refractivity contribution in [2.75, 3.05) is 44.7 Å². The highest BCUT2D eigenvalue weighted by molar-refractivity contribution is 5.95. The number of amides is 1. The van der Waals surface area contributed by atoms with Crippen LogP contribution < -0.4 is 5.32 Å². The minimum Gasteiger partial charge on any atom is -0.378 e. The van der Waals surface area contributed by atoms with Crippen molar-refractivity contribution in [1.29, 1.82) is 0 Å². The Bertz CT molecular complexity index is 1160. The van der Waals surface area contributed by atoms with Crippen molar-refractivity contribution in [3.63, 3.8) is 0 Å². The molecule has 2 aliphatic heterocycles. The third-order valence-electron chi connectivity index (χ3n) is 5.92. The van der Waals surface area contributed by atoms with Gasteiger partial charge in [-0.2, -0.15) is 4.98 Å². The summed E-state index contributed by atoms with van der Waals surface area (Å²) in [6, 6.07) is 9.13. The number of ether oxygens (including phenoxy) is 1. The minimum absolute atomic E-state index is 0. The fourth-order valence-electron chi connectivity index (χ4n) is 4.13. The molecule has 1 aromatic heterocycles. The van der Waals surface area contributed by atoms with Crippen molar-refractivity contribution in [3.05, 3.63) is 65.5 Å². The molecule has 10 heteroatoms. The molecule has 8 nitrogen and oxygen atoms in total. The van der Waals surface area contributed by atoms with E-state index in [1.807, 2.05) is 24.0 Å². The summed E-state index contributed by atoms with van der Waals surface area (Å²) >= 11 is 0. The molecule has 0 atom stereocenters. The number of hydrogen-bond donors (Lipinski definition) is 1. The van der Waals surface area contributed by atoms with Crippen molar-refractivity contribution in [2.45, 2.75) is 13.0 Å². The second kappa shape index (κ2) is 8.87. The van der Waals surface area contributed by atoms with Gasteiger partial charge < -0.3 is 15.0 Å². The van der Waals surface area contributed by atoms with Crippen molar-refractivity contribution in [1.82, 2.24) is 24.6 Å². The van der Waals surface area contributed by atoms with Gasteiger partial charge in [0.05, 0.1) is 24.9 Å². The Balaban J connectivity index is 0.00000274. The predicted molar refractivity (Wildman–Crippen MR) is 120 cm³/mol. The van der Waals surface area contributed by atoms with E-state index >= 15 is 0 Å². The quantitative estimate of drug-likeness (QED) is 0.636. The predicted octanol–water partition coefficient (Wildman–Crippen LogP) is 3.00. The molecule has 5 rings (SSSR count). The molecule has 2 aliphatic rings. The summed E-state index contributed by atoms with van der Waals surface area (Å²) in [4.78, 5) is 21.5. The van der Waals surface area contributed by atoms with E-state index in [1.165, 1.54) is 23.1 Å². The van der Waals surface area contributed by atoms with E-state index in [2.05, 4.69) is 20.3 Å². The Kier molecular flexibility index (Phi) is 5.77. The maximum atomic E-state index is 13.5. The largest absolute Gasteiger partial charge is 0.378 e. The molecular formula is C23H26F2N6O2. The van der Waals surface area contributed by atoms with E-state index in [0.717, 1.165) is 37.9 Å². The first-order valence-corrected chi connectivity index (χ1v) is 10.8. The maximum Gasteiger partial charge on any atom is 0.254 e. The molecule has 0 bridgehead atoms. The fraction of sp³-hybridized carbons (Fsp3) is 0.348. The van der Waals surface area contributed by atoms with Crippen LogP contribution in [0.1, 0.15) is 17.3 Å². The zero-order valence-electron chi connectivity index (χ0n) is 18.2. The highest BCUT2D eigenvalue weighted by Gasteiger charge is 2.30. The van der Waals surface area contributed by atoms with Crippen LogP contribution in [0.5, 0.6) is 0 Å². The summed E-state index contributed by atoms with van der Waals surface area (Å²) in [5, 5.41) is 7.32. The Hall–Kier alpha value is -3.37. The number of halogens is 2. The molecule has 0 saturated carbocycles. The summed E-state index contributed by atoms with van der Waals surface area (Å²) < 4.78 is 33.6. The van der Waals surface area contributed by atoms with Crippen molar-refractivity contribution in [2.24, 2.45) is 0 Å². The van der Waals surface area contributed by atoms with Crippen LogP contribution in [0.15, 0.2) is 42.7 Å². The van der Waals surface area contributed by atoms with Gasteiger partial charge in [-0.1, -0.05) is 0 Å². The molecule has 174 valence electrons. The van der Waals surface area contributed by atoms with Gasteiger partial charge in [-0.05, 0) is 42.8 Å². The van der Waals surface area contributed by atoms with Crippen LogP contribution in [-0.4, -0.2) is 75.9 Å². The normalized spacial score (nSPS) is 17.1. The van der Waals surface area contributed by atoms with Crippen LogP contribution in [0.4, 0.5) is 20.4 Å². The lowest BCUT2D eigenvalue weighted by Crippen LogP contribution is -2.57. The number of nitrogens with zero attached hydrogens (tertiary/aromatic N) is 5. The Labute approximate surface area is 191 Å². The second-order valence-corrected chi connectivity index (χ2v) is 8.37. The molecule has 1 N–H and O–H groups in total. The number of carbonyl (C=O) groups is 1. The third-order valence-corrected chi connectivity index (χ3v) is 5.92. The van der Waals surface area contributed by atoms with Gasteiger partial charge in [0.1, 0.15) is 18.0 Å².